The summed E-state index contributed by atoms with van der Waals surface area (Å²) >= 11 is 0. The Morgan fingerprint density at radius 2 is 1.83 bits per heavy atom. The molecule has 5 heteroatoms. The minimum atomic E-state index is -0.177. The van der Waals surface area contributed by atoms with Crippen LogP contribution >= 0.6 is 0 Å². The SMILES string of the molecule is CNC(=O)c1ccc2cc(C)n(C3CCN(CCc4ccc(F)cc4)CC3)c2c1. The number of nitrogens with one attached hydrogen (secondary N) is 1. The maximum absolute atomic E-state index is 13.1. The van der Waals surface area contributed by atoms with Crippen LogP contribution < -0.4 is 5.32 Å². The van der Waals surface area contributed by atoms with Gasteiger partial charge in [0.05, 0.1) is 0 Å². The predicted molar refractivity (Wildman–Crippen MR) is 115 cm³/mol. The van der Waals surface area contributed by atoms with Crippen LogP contribution in [0, 0.1) is 12.7 Å². The number of likely N-dealkylation sites (tertiary alicyclic amines) is 1. The van der Waals surface area contributed by atoms with Gasteiger partial charge in [-0.25, -0.2) is 4.39 Å². The molecule has 4 nitrogen and oxygen atoms in total. The molecule has 2 heterocycles. The van der Waals surface area contributed by atoms with E-state index < -0.39 is 0 Å². The van der Waals surface area contributed by atoms with E-state index in [2.05, 4.69) is 27.8 Å². The van der Waals surface area contributed by atoms with Crippen molar-refractivity contribution in [3.8, 4) is 0 Å². The molecule has 0 unspecified atom stereocenters. The minimum Gasteiger partial charge on any atom is -0.355 e. The largest absolute Gasteiger partial charge is 0.355 e. The lowest BCUT2D eigenvalue weighted by molar-refractivity contribution is 0.0963. The van der Waals surface area contributed by atoms with E-state index in [-0.39, 0.29) is 11.7 Å². The summed E-state index contributed by atoms with van der Waals surface area (Å²) in [6.07, 6.45) is 3.14. The van der Waals surface area contributed by atoms with Crippen LogP contribution in [-0.2, 0) is 6.42 Å². The summed E-state index contributed by atoms with van der Waals surface area (Å²) in [5.74, 6) is -0.226. The van der Waals surface area contributed by atoms with Gasteiger partial charge in [-0.3, -0.25) is 4.79 Å². The van der Waals surface area contributed by atoms with Gasteiger partial charge in [-0.1, -0.05) is 18.2 Å². The second kappa shape index (κ2) is 8.37. The summed E-state index contributed by atoms with van der Waals surface area (Å²) in [5.41, 5.74) is 4.28. The quantitative estimate of drug-likeness (QED) is 0.701. The molecule has 1 fully saturated rings. The van der Waals surface area contributed by atoms with E-state index in [0.717, 1.165) is 44.4 Å². The molecule has 0 bridgehead atoms. The number of amides is 1. The van der Waals surface area contributed by atoms with Crippen LogP contribution in [-0.4, -0.2) is 42.1 Å². The van der Waals surface area contributed by atoms with Gasteiger partial charge < -0.3 is 14.8 Å². The molecule has 0 atom stereocenters. The van der Waals surface area contributed by atoms with Crippen molar-refractivity contribution in [2.45, 2.75) is 32.2 Å². The highest BCUT2D eigenvalue weighted by Gasteiger charge is 2.23. The van der Waals surface area contributed by atoms with E-state index in [1.165, 1.54) is 28.8 Å². The van der Waals surface area contributed by atoms with Gasteiger partial charge in [0.15, 0.2) is 0 Å². The lowest BCUT2D eigenvalue weighted by atomic mass is 10.0. The Kier molecular flexibility index (Phi) is 5.67. The van der Waals surface area contributed by atoms with E-state index in [9.17, 15) is 9.18 Å². The molecule has 1 saturated heterocycles. The molecule has 0 aliphatic carbocycles. The number of piperidine rings is 1. The molecule has 1 aliphatic heterocycles. The summed E-state index contributed by atoms with van der Waals surface area (Å²) in [4.78, 5) is 14.6. The fraction of sp³-hybridized carbons (Fsp3) is 0.375. The number of hydrogen-bond acceptors (Lipinski definition) is 2. The number of carbonyl (C=O) groups excluding carboxylic acids is 1. The molecule has 1 N–H and O–H groups in total. The van der Waals surface area contributed by atoms with E-state index in [0.29, 0.717) is 11.6 Å². The van der Waals surface area contributed by atoms with Crippen molar-refractivity contribution in [3.05, 3.63) is 71.2 Å². The molecular formula is C24H28FN3O. The van der Waals surface area contributed by atoms with Crippen LogP contribution in [0.1, 0.15) is 40.5 Å². The second-order valence-electron chi connectivity index (χ2n) is 7.96. The van der Waals surface area contributed by atoms with Crippen LogP contribution in [0.3, 0.4) is 0 Å². The lowest BCUT2D eigenvalue weighted by Crippen LogP contribution is -2.36. The Labute approximate surface area is 171 Å². The normalized spacial score (nSPS) is 15.7. The maximum Gasteiger partial charge on any atom is 0.251 e. The molecule has 4 rings (SSSR count). The van der Waals surface area contributed by atoms with E-state index >= 15 is 0 Å². The maximum atomic E-state index is 13.1. The molecule has 1 aliphatic rings. The first-order chi connectivity index (χ1) is 14.0. The van der Waals surface area contributed by atoms with Crippen molar-refractivity contribution in [1.82, 2.24) is 14.8 Å². The molecule has 3 aromatic rings. The lowest BCUT2D eigenvalue weighted by Gasteiger charge is -2.34. The van der Waals surface area contributed by atoms with Crippen LogP contribution in [0.5, 0.6) is 0 Å². The minimum absolute atomic E-state index is 0.0482. The summed E-state index contributed by atoms with van der Waals surface area (Å²) in [6.45, 7) is 5.27. The molecule has 1 aromatic heterocycles. The molecule has 0 radical (unpaired) electrons. The van der Waals surface area contributed by atoms with Crippen molar-refractivity contribution < 1.29 is 9.18 Å². The molecule has 0 saturated carbocycles. The molecule has 29 heavy (non-hydrogen) atoms. The van der Waals surface area contributed by atoms with Gasteiger partial charge in [0.1, 0.15) is 5.82 Å². The number of fused-ring (bicyclic) bond motifs is 1. The van der Waals surface area contributed by atoms with Gasteiger partial charge in [-0.05, 0) is 67.5 Å². The number of nitrogens with zero attached hydrogens (tertiary/aromatic N) is 2. The van der Waals surface area contributed by atoms with Gasteiger partial charge in [-0.15, -0.1) is 0 Å². The summed E-state index contributed by atoms with van der Waals surface area (Å²) in [6, 6.07) is 15.4. The van der Waals surface area contributed by atoms with E-state index in [1.54, 1.807) is 7.05 Å². The first-order valence-electron chi connectivity index (χ1n) is 10.4. The molecule has 1 amide bonds. The van der Waals surface area contributed by atoms with Crippen LogP contribution in [0.15, 0.2) is 48.5 Å². The van der Waals surface area contributed by atoms with Gasteiger partial charge in [0.25, 0.3) is 5.91 Å². The number of halogens is 1. The Balaban J connectivity index is 1.44. The van der Waals surface area contributed by atoms with Crippen LogP contribution in [0.4, 0.5) is 4.39 Å². The number of aryl methyl sites for hydroxylation is 1. The zero-order chi connectivity index (χ0) is 20.4. The Hall–Kier alpha value is -2.66. The Morgan fingerprint density at radius 1 is 1.10 bits per heavy atom. The van der Waals surface area contributed by atoms with E-state index in [4.69, 9.17) is 0 Å². The topological polar surface area (TPSA) is 37.3 Å². The second-order valence-corrected chi connectivity index (χ2v) is 7.96. The predicted octanol–water partition coefficient (Wildman–Crippen LogP) is 4.33. The van der Waals surface area contributed by atoms with Crippen molar-refractivity contribution in [3.63, 3.8) is 0 Å². The fourth-order valence-electron chi connectivity index (χ4n) is 4.47. The highest BCUT2D eigenvalue weighted by molar-refractivity contribution is 5.98. The standard InChI is InChI=1S/C24H28FN3O/c1-17-15-19-5-6-20(24(29)26-2)16-23(19)28(17)22-10-13-27(14-11-22)12-9-18-3-7-21(25)8-4-18/h3-8,15-16,22H,9-14H2,1-2H3,(H,26,29). The van der Waals surface area contributed by atoms with Crippen LogP contribution in [0.2, 0.25) is 0 Å². The number of aromatic nitrogens is 1. The molecular weight excluding hydrogens is 365 g/mol. The number of carbonyl (C=O) groups is 1. The zero-order valence-corrected chi connectivity index (χ0v) is 17.1. The number of benzene rings is 2. The average Bonchev–Trinajstić information content (AvgIpc) is 3.08. The zero-order valence-electron chi connectivity index (χ0n) is 17.1. The van der Waals surface area contributed by atoms with Gasteiger partial charge in [0, 0.05) is 49.5 Å². The monoisotopic (exact) mass is 393 g/mol. The first-order valence-corrected chi connectivity index (χ1v) is 10.4. The van der Waals surface area contributed by atoms with Gasteiger partial charge in [0.2, 0.25) is 0 Å². The third-order valence-corrected chi connectivity index (χ3v) is 6.08. The third kappa shape index (κ3) is 4.20. The van der Waals surface area contributed by atoms with Gasteiger partial charge in [-0.2, -0.15) is 0 Å². The number of hydrogen-bond donors (Lipinski definition) is 1. The van der Waals surface area contributed by atoms with Crippen LogP contribution in [0.25, 0.3) is 10.9 Å². The molecule has 152 valence electrons. The average molecular weight is 394 g/mol. The highest BCUT2D eigenvalue weighted by Crippen LogP contribution is 2.31. The van der Waals surface area contributed by atoms with Crippen molar-refractivity contribution in [1.29, 1.82) is 0 Å². The summed E-state index contributed by atoms with van der Waals surface area (Å²) in [7, 11) is 1.67. The summed E-state index contributed by atoms with van der Waals surface area (Å²) < 4.78 is 15.5. The smallest absolute Gasteiger partial charge is 0.251 e. The van der Waals surface area contributed by atoms with E-state index in [1.807, 2.05) is 30.3 Å². The third-order valence-electron chi connectivity index (χ3n) is 6.08. The first kappa shape index (κ1) is 19.6. The van der Waals surface area contributed by atoms with Crippen molar-refractivity contribution >= 4 is 16.8 Å². The Bertz CT molecular complexity index is 1000. The number of rotatable bonds is 5. The highest BCUT2D eigenvalue weighted by atomic mass is 19.1. The van der Waals surface area contributed by atoms with Crippen molar-refractivity contribution in [2.24, 2.45) is 0 Å². The summed E-state index contributed by atoms with van der Waals surface area (Å²) in [5, 5.41) is 3.90. The fourth-order valence-corrected chi connectivity index (χ4v) is 4.47. The molecule has 0 spiro atoms. The van der Waals surface area contributed by atoms with Gasteiger partial charge >= 0.3 is 0 Å². The Morgan fingerprint density at radius 3 is 2.52 bits per heavy atom. The van der Waals surface area contributed by atoms with Crippen molar-refractivity contribution in [2.75, 3.05) is 26.7 Å². The molecule has 2 aromatic carbocycles.